The van der Waals surface area contributed by atoms with Gasteiger partial charge in [-0.1, -0.05) is 30.0 Å². The van der Waals surface area contributed by atoms with Gasteiger partial charge >= 0.3 is 0 Å². The number of fused-ring (bicyclic) bond motifs is 3. The SMILES string of the molecule is CSc1nc(NNC(=O)c2ccccc2)c2c3c(sc2n1)COC(C)(C)C3. The second-order valence-electron chi connectivity index (χ2n) is 6.91. The molecule has 2 aromatic heterocycles. The summed E-state index contributed by atoms with van der Waals surface area (Å²) in [6, 6.07) is 9.09. The number of hydrogen-bond acceptors (Lipinski definition) is 7. The van der Waals surface area contributed by atoms with E-state index in [1.54, 1.807) is 23.5 Å². The van der Waals surface area contributed by atoms with Crippen LogP contribution in [0.3, 0.4) is 0 Å². The van der Waals surface area contributed by atoms with Gasteiger partial charge in [-0.2, -0.15) is 0 Å². The molecule has 0 saturated carbocycles. The molecule has 8 heteroatoms. The summed E-state index contributed by atoms with van der Waals surface area (Å²) in [5.41, 5.74) is 7.34. The standard InChI is InChI=1S/C19H20N4O2S2/c1-19(2)9-12-13(10-25-19)27-17-14(12)15(20-18(21-17)26-3)22-23-16(24)11-7-5-4-6-8-11/h4-8H,9-10H2,1-3H3,(H,23,24)(H,20,21,22). The maximum atomic E-state index is 12.4. The molecule has 0 spiro atoms. The fourth-order valence-electron chi connectivity index (χ4n) is 3.08. The van der Waals surface area contributed by atoms with Gasteiger partial charge in [-0.15, -0.1) is 11.3 Å². The quantitative estimate of drug-likeness (QED) is 0.391. The number of benzene rings is 1. The number of carbonyl (C=O) groups excluding carboxylic acids is 1. The maximum Gasteiger partial charge on any atom is 0.269 e. The summed E-state index contributed by atoms with van der Waals surface area (Å²) in [6.07, 6.45) is 2.72. The van der Waals surface area contributed by atoms with Gasteiger partial charge in [0.15, 0.2) is 11.0 Å². The summed E-state index contributed by atoms with van der Waals surface area (Å²) in [4.78, 5) is 23.7. The van der Waals surface area contributed by atoms with E-state index in [0.717, 1.165) is 16.6 Å². The Hall–Kier alpha value is -2.16. The van der Waals surface area contributed by atoms with Crippen LogP contribution in [0.2, 0.25) is 0 Å². The highest BCUT2D eigenvalue weighted by Crippen LogP contribution is 2.41. The molecule has 3 aromatic rings. The smallest absolute Gasteiger partial charge is 0.269 e. The van der Waals surface area contributed by atoms with Crippen LogP contribution in [-0.2, 0) is 17.8 Å². The zero-order valence-electron chi connectivity index (χ0n) is 15.3. The lowest BCUT2D eigenvalue weighted by molar-refractivity contribution is -0.0379. The van der Waals surface area contributed by atoms with E-state index in [-0.39, 0.29) is 11.5 Å². The number of carbonyl (C=O) groups is 1. The molecule has 6 nitrogen and oxygen atoms in total. The van der Waals surface area contributed by atoms with Crippen molar-refractivity contribution in [1.82, 2.24) is 15.4 Å². The molecule has 3 heterocycles. The summed E-state index contributed by atoms with van der Waals surface area (Å²) in [5, 5.41) is 1.63. The Bertz CT molecular complexity index is 1000. The van der Waals surface area contributed by atoms with E-state index >= 15 is 0 Å². The van der Waals surface area contributed by atoms with Crippen LogP contribution in [0.1, 0.15) is 34.6 Å². The summed E-state index contributed by atoms with van der Waals surface area (Å²) >= 11 is 3.11. The number of nitrogens with zero attached hydrogens (tertiary/aromatic N) is 2. The summed E-state index contributed by atoms with van der Waals surface area (Å²) in [6.45, 7) is 4.75. The Morgan fingerprint density at radius 3 is 2.78 bits per heavy atom. The first-order valence-corrected chi connectivity index (χ1v) is 10.6. The molecule has 0 aliphatic carbocycles. The molecule has 140 valence electrons. The first kappa shape index (κ1) is 18.2. The molecule has 1 aromatic carbocycles. The van der Waals surface area contributed by atoms with Gasteiger partial charge in [0.25, 0.3) is 5.91 Å². The van der Waals surface area contributed by atoms with Crippen molar-refractivity contribution in [2.24, 2.45) is 0 Å². The minimum Gasteiger partial charge on any atom is -0.370 e. The van der Waals surface area contributed by atoms with Gasteiger partial charge in [0.05, 0.1) is 17.6 Å². The van der Waals surface area contributed by atoms with E-state index in [2.05, 4.69) is 34.7 Å². The van der Waals surface area contributed by atoms with Crippen LogP contribution < -0.4 is 10.9 Å². The minimum absolute atomic E-state index is 0.208. The second kappa shape index (κ2) is 7.10. The Balaban J connectivity index is 1.70. The zero-order valence-corrected chi connectivity index (χ0v) is 17.0. The van der Waals surface area contributed by atoms with Crippen LogP contribution >= 0.6 is 23.1 Å². The second-order valence-corrected chi connectivity index (χ2v) is 8.77. The highest BCUT2D eigenvalue weighted by Gasteiger charge is 2.31. The van der Waals surface area contributed by atoms with Crippen molar-refractivity contribution in [2.75, 3.05) is 11.7 Å². The van der Waals surface area contributed by atoms with Crippen LogP contribution in [0.25, 0.3) is 10.2 Å². The van der Waals surface area contributed by atoms with Gasteiger partial charge in [0, 0.05) is 16.9 Å². The minimum atomic E-state index is -0.232. The lowest BCUT2D eigenvalue weighted by Crippen LogP contribution is -2.32. The molecule has 4 rings (SSSR count). The molecule has 0 atom stereocenters. The lowest BCUT2D eigenvalue weighted by Gasteiger charge is -2.30. The summed E-state index contributed by atoms with van der Waals surface area (Å²) in [7, 11) is 0. The summed E-state index contributed by atoms with van der Waals surface area (Å²) < 4.78 is 5.94. The number of anilines is 1. The largest absolute Gasteiger partial charge is 0.370 e. The van der Waals surface area contributed by atoms with Gasteiger partial charge < -0.3 is 4.74 Å². The molecule has 1 aliphatic heterocycles. The molecule has 27 heavy (non-hydrogen) atoms. The van der Waals surface area contributed by atoms with Crippen molar-refractivity contribution in [2.45, 2.75) is 37.6 Å². The van der Waals surface area contributed by atoms with Gasteiger partial charge in [-0.3, -0.25) is 15.6 Å². The Kier molecular flexibility index (Phi) is 4.79. The fraction of sp³-hybridized carbons (Fsp3) is 0.316. The van der Waals surface area contributed by atoms with Crippen molar-refractivity contribution in [3.05, 3.63) is 46.3 Å². The number of amides is 1. The van der Waals surface area contributed by atoms with Gasteiger partial charge in [-0.25, -0.2) is 9.97 Å². The molecule has 2 N–H and O–H groups in total. The van der Waals surface area contributed by atoms with Gasteiger partial charge in [-0.05, 0) is 37.8 Å². The molecule has 0 saturated heterocycles. The highest BCUT2D eigenvalue weighted by molar-refractivity contribution is 7.98. The predicted octanol–water partition coefficient (Wildman–Crippen LogP) is 4.02. The van der Waals surface area contributed by atoms with Gasteiger partial charge in [0.1, 0.15) is 4.83 Å². The number of aromatic nitrogens is 2. The number of rotatable bonds is 4. The normalized spacial score (nSPS) is 15.4. The number of thiophene rings is 1. The first-order valence-electron chi connectivity index (χ1n) is 8.58. The van der Waals surface area contributed by atoms with E-state index in [1.807, 2.05) is 24.5 Å². The van der Waals surface area contributed by atoms with Crippen molar-refractivity contribution in [1.29, 1.82) is 0 Å². The predicted molar refractivity (Wildman–Crippen MR) is 109 cm³/mol. The average Bonchev–Trinajstić information content (AvgIpc) is 3.03. The number of hydrogen-bond donors (Lipinski definition) is 2. The number of hydrazine groups is 1. The molecule has 0 fully saturated rings. The topological polar surface area (TPSA) is 76.1 Å². The van der Waals surface area contributed by atoms with E-state index in [1.165, 1.54) is 22.2 Å². The van der Waals surface area contributed by atoms with Gasteiger partial charge in [0.2, 0.25) is 0 Å². The van der Waals surface area contributed by atoms with Crippen molar-refractivity contribution in [3.63, 3.8) is 0 Å². The third kappa shape index (κ3) is 3.65. The van der Waals surface area contributed by atoms with Crippen LogP contribution in [0.5, 0.6) is 0 Å². The Labute approximate surface area is 165 Å². The van der Waals surface area contributed by atoms with E-state index < -0.39 is 0 Å². The average molecular weight is 401 g/mol. The molecule has 1 amide bonds. The number of nitrogens with one attached hydrogen (secondary N) is 2. The van der Waals surface area contributed by atoms with Crippen LogP contribution in [-0.4, -0.2) is 27.7 Å². The maximum absolute atomic E-state index is 12.4. The van der Waals surface area contributed by atoms with Crippen molar-refractivity contribution < 1.29 is 9.53 Å². The van der Waals surface area contributed by atoms with E-state index in [0.29, 0.717) is 23.1 Å². The molecular formula is C19H20N4O2S2. The number of thioether (sulfide) groups is 1. The lowest BCUT2D eigenvalue weighted by atomic mass is 9.94. The van der Waals surface area contributed by atoms with Crippen molar-refractivity contribution >= 4 is 45.0 Å². The van der Waals surface area contributed by atoms with E-state index in [9.17, 15) is 4.79 Å². The highest BCUT2D eigenvalue weighted by atomic mass is 32.2. The van der Waals surface area contributed by atoms with Crippen LogP contribution in [0.15, 0.2) is 35.5 Å². The zero-order chi connectivity index (χ0) is 19.0. The molecule has 0 radical (unpaired) electrons. The third-order valence-corrected chi connectivity index (χ3v) is 6.07. The molecule has 0 unspecified atom stereocenters. The first-order chi connectivity index (χ1) is 13.0. The Morgan fingerprint density at radius 1 is 1.26 bits per heavy atom. The fourth-order valence-corrected chi connectivity index (χ4v) is 4.61. The monoisotopic (exact) mass is 400 g/mol. The molecule has 0 bridgehead atoms. The molecular weight excluding hydrogens is 380 g/mol. The third-order valence-electron chi connectivity index (χ3n) is 4.42. The number of ether oxygens (including phenoxy) is 1. The van der Waals surface area contributed by atoms with E-state index in [4.69, 9.17) is 4.74 Å². The van der Waals surface area contributed by atoms with Crippen LogP contribution in [0.4, 0.5) is 5.82 Å². The van der Waals surface area contributed by atoms with Crippen LogP contribution in [0, 0.1) is 0 Å². The molecule has 1 aliphatic rings. The van der Waals surface area contributed by atoms with Crippen molar-refractivity contribution in [3.8, 4) is 0 Å². The Morgan fingerprint density at radius 2 is 2.04 bits per heavy atom. The summed E-state index contributed by atoms with van der Waals surface area (Å²) in [5.74, 6) is 0.421.